The number of hydrogen-bond acceptors (Lipinski definition) is 6. The number of carbonyl (C=O) groups is 1. The highest BCUT2D eigenvalue weighted by Crippen LogP contribution is 2.46. The monoisotopic (exact) mass is 446 g/mol. The molecular formula is C22H23ClN2O4S. The highest BCUT2D eigenvalue weighted by molar-refractivity contribution is 8.00. The molecular weight excluding hydrogens is 424 g/mol. The number of benzene rings is 2. The van der Waals surface area contributed by atoms with Crippen LogP contribution in [0.5, 0.6) is 11.5 Å². The van der Waals surface area contributed by atoms with E-state index in [1.165, 1.54) is 0 Å². The van der Waals surface area contributed by atoms with Crippen LogP contribution in [-0.4, -0.2) is 57.0 Å². The van der Waals surface area contributed by atoms with Crippen molar-refractivity contribution in [3.05, 3.63) is 58.6 Å². The maximum absolute atomic E-state index is 11.8. The molecule has 4 rings (SSSR count). The highest BCUT2D eigenvalue weighted by atomic mass is 35.5. The second kappa shape index (κ2) is 9.73. The van der Waals surface area contributed by atoms with Crippen molar-refractivity contribution in [1.82, 2.24) is 4.90 Å². The first-order chi connectivity index (χ1) is 14.6. The molecule has 6 nitrogen and oxygen atoms in total. The fourth-order valence-corrected chi connectivity index (χ4v) is 4.66. The number of hydrogen-bond donors (Lipinski definition) is 0. The van der Waals surface area contributed by atoms with E-state index in [0.29, 0.717) is 37.8 Å². The molecule has 0 saturated carbocycles. The Balaban J connectivity index is 1.37. The number of methoxy groups -OCH3 is 1. The van der Waals surface area contributed by atoms with E-state index in [2.05, 4.69) is 4.99 Å². The molecule has 0 N–H and O–H groups in total. The smallest absolute Gasteiger partial charge is 0.248 e. The first kappa shape index (κ1) is 21.0. The van der Waals surface area contributed by atoms with Crippen molar-refractivity contribution in [2.45, 2.75) is 10.6 Å². The van der Waals surface area contributed by atoms with E-state index in [-0.39, 0.29) is 23.1 Å². The quantitative estimate of drug-likeness (QED) is 0.639. The molecule has 1 amide bonds. The molecule has 158 valence electrons. The number of carbonyl (C=O) groups excluding carboxylic acids is 1. The predicted octanol–water partition coefficient (Wildman–Crippen LogP) is 4.14. The molecule has 8 heteroatoms. The van der Waals surface area contributed by atoms with Crippen molar-refractivity contribution >= 4 is 35.5 Å². The number of halogens is 1. The van der Waals surface area contributed by atoms with Gasteiger partial charge in [-0.05, 0) is 35.4 Å². The molecule has 0 spiro atoms. The Kier molecular flexibility index (Phi) is 6.82. The van der Waals surface area contributed by atoms with E-state index in [9.17, 15) is 4.79 Å². The van der Waals surface area contributed by atoms with E-state index >= 15 is 0 Å². The van der Waals surface area contributed by atoms with Gasteiger partial charge in [-0.15, -0.1) is 11.8 Å². The molecule has 2 atom stereocenters. The highest BCUT2D eigenvalue weighted by Gasteiger charge is 2.25. The minimum absolute atomic E-state index is 0.0000464. The van der Waals surface area contributed by atoms with Gasteiger partial charge in [0.2, 0.25) is 5.91 Å². The first-order valence-electron chi connectivity index (χ1n) is 9.74. The van der Waals surface area contributed by atoms with Crippen LogP contribution < -0.4 is 9.47 Å². The van der Waals surface area contributed by atoms with Gasteiger partial charge in [-0.3, -0.25) is 9.79 Å². The lowest BCUT2D eigenvalue weighted by atomic mass is 10.1. The van der Waals surface area contributed by atoms with E-state index < -0.39 is 0 Å². The van der Waals surface area contributed by atoms with Crippen molar-refractivity contribution in [2.75, 3.05) is 40.0 Å². The molecule has 2 unspecified atom stereocenters. The fourth-order valence-electron chi connectivity index (χ4n) is 3.36. The molecule has 0 radical (unpaired) electrons. The van der Waals surface area contributed by atoms with Crippen molar-refractivity contribution in [1.29, 1.82) is 0 Å². The number of amides is 1. The molecule has 1 fully saturated rings. The minimum Gasteiger partial charge on any atom is -0.493 e. The van der Waals surface area contributed by atoms with E-state index in [1.54, 1.807) is 23.8 Å². The van der Waals surface area contributed by atoms with Crippen LogP contribution in [0.1, 0.15) is 21.8 Å². The molecule has 0 aromatic heterocycles. The summed E-state index contributed by atoms with van der Waals surface area (Å²) in [6.07, 6.45) is 1.98. The second-order valence-corrected chi connectivity index (χ2v) is 8.61. The van der Waals surface area contributed by atoms with E-state index in [0.717, 1.165) is 16.1 Å². The zero-order chi connectivity index (χ0) is 20.9. The topological polar surface area (TPSA) is 60.4 Å². The van der Waals surface area contributed by atoms with Crippen molar-refractivity contribution in [3.63, 3.8) is 0 Å². The van der Waals surface area contributed by atoms with Gasteiger partial charge in [0.15, 0.2) is 11.5 Å². The number of morpholine rings is 1. The van der Waals surface area contributed by atoms with E-state index in [1.807, 2.05) is 48.7 Å². The third kappa shape index (κ3) is 4.91. The molecule has 1 saturated heterocycles. The second-order valence-electron chi connectivity index (χ2n) is 6.95. The molecule has 30 heavy (non-hydrogen) atoms. The van der Waals surface area contributed by atoms with Crippen LogP contribution in [0, 0.1) is 0 Å². The number of nitrogens with zero attached hydrogens (tertiary/aromatic N) is 2. The summed E-state index contributed by atoms with van der Waals surface area (Å²) < 4.78 is 16.6. The van der Waals surface area contributed by atoms with Crippen LogP contribution in [0.3, 0.4) is 0 Å². The van der Waals surface area contributed by atoms with Gasteiger partial charge in [-0.2, -0.15) is 0 Å². The Morgan fingerprint density at radius 2 is 2.00 bits per heavy atom. The Bertz CT molecular complexity index is 922. The third-order valence-corrected chi connectivity index (χ3v) is 6.60. The largest absolute Gasteiger partial charge is 0.493 e. The summed E-state index contributed by atoms with van der Waals surface area (Å²) in [5.41, 5.74) is 2.24. The molecule has 0 bridgehead atoms. The number of thioether (sulfide) groups is 1. The van der Waals surface area contributed by atoms with Gasteiger partial charge < -0.3 is 19.1 Å². The molecule has 0 aliphatic carbocycles. The van der Waals surface area contributed by atoms with Crippen LogP contribution in [0.25, 0.3) is 0 Å². The van der Waals surface area contributed by atoms with Crippen molar-refractivity contribution in [3.8, 4) is 11.5 Å². The standard InChI is InChI=1S/C22H23ClN2O4S/c1-27-19-12-16(20-13-24-22(30-20)15-2-5-17(23)6-3-15)4-7-18(19)29-11-9-25-8-10-28-14-21(25)26/h2-7,12-13,20,22H,8-11,14H2,1H3. The summed E-state index contributed by atoms with van der Waals surface area (Å²) in [7, 11) is 1.63. The summed E-state index contributed by atoms with van der Waals surface area (Å²) in [5, 5.41) is 0.917. The van der Waals surface area contributed by atoms with Gasteiger partial charge >= 0.3 is 0 Å². The minimum atomic E-state index is -0.0000464. The Morgan fingerprint density at radius 3 is 2.77 bits per heavy atom. The van der Waals surface area contributed by atoms with Gasteiger partial charge in [0.25, 0.3) is 0 Å². The molecule has 2 aromatic carbocycles. The average molecular weight is 447 g/mol. The molecule has 2 aliphatic rings. The maximum Gasteiger partial charge on any atom is 0.248 e. The fraction of sp³-hybridized carbons (Fsp3) is 0.364. The lowest BCUT2D eigenvalue weighted by Crippen LogP contribution is -2.43. The van der Waals surface area contributed by atoms with Gasteiger partial charge in [0.05, 0.1) is 25.5 Å². The van der Waals surface area contributed by atoms with Crippen LogP contribution in [0.4, 0.5) is 0 Å². The molecule has 2 aliphatic heterocycles. The molecule has 2 aromatic rings. The normalized spacial score (nSPS) is 21.1. The summed E-state index contributed by atoms with van der Waals surface area (Å²) in [6, 6.07) is 13.7. The Labute approximate surface area is 185 Å². The number of aliphatic imine (C=N–C) groups is 1. The van der Waals surface area contributed by atoms with Crippen LogP contribution in [0.15, 0.2) is 47.5 Å². The summed E-state index contributed by atoms with van der Waals surface area (Å²) in [5.74, 6) is 1.33. The third-order valence-electron chi connectivity index (χ3n) is 5.01. The number of rotatable bonds is 7. The zero-order valence-electron chi connectivity index (χ0n) is 16.6. The maximum atomic E-state index is 11.8. The zero-order valence-corrected chi connectivity index (χ0v) is 18.2. The summed E-state index contributed by atoms with van der Waals surface area (Å²) in [6.45, 7) is 2.25. The molecule has 2 heterocycles. The summed E-state index contributed by atoms with van der Waals surface area (Å²) >= 11 is 7.75. The first-order valence-corrected chi connectivity index (χ1v) is 11.1. The average Bonchev–Trinajstić information content (AvgIpc) is 3.26. The Hall–Kier alpha value is -2.22. The van der Waals surface area contributed by atoms with Gasteiger partial charge in [0, 0.05) is 17.8 Å². The van der Waals surface area contributed by atoms with Crippen LogP contribution in [0.2, 0.25) is 5.02 Å². The van der Waals surface area contributed by atoms with Crippen molar-refractivity contribution in [2.24, 2.45) is 4.99 Å². The Morgan fingerprint density at radius 1 is 1.20 bits per heavy atom. The predicted molar refractivity (Wildman–Crippen MR) is 119 cm³/mol. The van der Waals surface area contributed by atoms with Gasteiger partial charge in [0.1, 0.15) is 18.6 Å². The summed E-state index contributed by atoms with van der Waals surface area (Å²) in [4.78, 5) is 18.2. The van der Waals surface area contributed by atoms with E-state index in [4.69, 9.17) is 25.8 Å². The SMILES string of the molecule is COc1cc(C2C=NC(c3ccc(Cl)cc3)S2)ccc1OCCN1CCOCC1=O. The van der Waals surface area contributed by atoms with Crippen molar-refractivity contribution < 1.29 is 19.0 Å². The van der Waals surface area contributed by atoms with Crippen LogP contribution >= 0.6 is 23.4 Å². The van der Waals surface area contributed by atoms with Gasteiger partial charge in [-0.25, -0.2) is 0 Å². The number of ether oxygens (including phenoxy) is 3. The van der Waals surface area contributed by atoms with Crippen LogP contribution in [-0.2, 0) is 9.53 Å². The lowest BCUT2D eigenvalue weighted by Gasteiger charge is -2.26. The lowest BCUT2D eigenvalue weighted by molar-refractivity contribution is -0.143. The van der Waals surface area contributed by atoms with Gasteiger partial charge in [-0.1, -0.05) is 29.8 Å².